The first-order chi connectivity index (χ1) is 14.3. The van der Waals surface area contributed by atoms with E-state index >= 15 is 0 Å². The molecule has 0 saturated carbocycles. The lowest BCUT2D eigenvalue weighted by molar-refractivity contribution is 0.573. The van der Waals surface area contributed by atoms with Crippen molar-refractivity contribution in [3.8, 4) is 23.2 Å². The summed E-state index contributed by atoms with van der Waals surface area (Å²) in [6.07, 6.45) is 5.41. The molecule has 1 N–H and O–H groups in total. The van der Waals surface area contributed by atoms with Crippen molar-refractivity contribution in [1.29, 1.82) is 0 Å². The van der Waals surface area contributed by atoms with Crippen molar-refractivity contribution in [1.82, 2.24) is 15.0 Å². The van der Waals surface area contributed by atoms with Gasteiger partial charge in [0, 0.05) is 29.9 Å². The van der Waals surface area contributed by atoms with E-state index in [-0.39, 0.29) is 0 Å². The third kappa shape index (κ3) is 4.58. The van der Waals surface area contributed by atoms with E-state index in [4.69, 9.17) is 9.97 Å². The number of nitrogens with zero attached hydrogens (tertiary/aromatic N) is 3. The van der Waals surface area contributed by atoms with Gasteiger partial charge in [0.15, 0.2) is 12.5 Å². The third-order valence-electron chi connectivity index (χ3n) is 4.42. The van der Waals surface area contributed by atoms with Gasteiger partial charge in [0.1, 0.15) is 11.3 Å². The number of thiophene rings is 1. The van der Waals surface area contributed by atoms with Crippen LogP contribution < -0.4 is 5.32 Å². The standard InChI is InChI=1S/C23H19FN4S/c24-12-4-9-19-16-29-21-20(19)27-22(18-10-14-25-15-11-18)28-23(21)26-13-5-8-17-6-2-1-3-7-17/h1-3,6-7,10-11,14-16H,5,8,12-13H2,(H,26,27,28). The predicted octanol–water partition coefficient (Wildman–Crippen LogP) is 5.12. The minimum atomic E-state index is -0.676. The second-order valence-electron chi connectivity index (χ2n) is 6.41. The summed E-state index contributed by atoms with van der Waals surface area (Å²) in [4.78, 5) is 13.5. The predicted molar refractivity (Wildman–Crippen MR) is 117 cm³/mol. The monoisotopic (exact) mass is 402 g/mol. The van der Waals surface area contributed by atoms with Gasteiger partial charge in [0.05, 0.1) is 10.3 Å². The number of hydrogen-bond acceptors (Lipinski definition) is 5. The van der Waals surface area contributed by atoms with Crippen molar-refractivity contribution in [3.05, 3.63) is 71.4 Å². The van der Waals surface area contributed by atoms with Gasteiger partial charge >= 0.3 is 0 Å². The third-order valence-corrected chi connectivity index (χ3v) is 5.40. The van der Waals surface area contributed by atoms with Gasteiger partial charge < -0.3 is 5.32 Å². The number of hydrogen-bond donors (Lipinski definition) is 1. The minimum absolute atomic E-state index is 0.604. The van der Waals surface area contributed by atoms with Crippen molar-refractivity contribution in [3.63, 3.8) is 0 Å². The van der Waals surface area contributed by atoms with Gasteiger partial charge in [0.2, 0.25) is 0 Å². The highest BCUT2D eigenvalue weighted by molar-refractivity contribution is 7.18. The van der Waals surface area contributed by atoms with Crippen LogP contribution in [-0.2, 0) is 6.42 Å². The number of halogens is 1. The maximum Gasteiger partial charge on any atom is 0.162 e. The van der Waals surface area contributed by atoms with E-state index in [2.05, 4.69) is 46.4 Å². The number of aryl methyl sites for hydroxylation is 1. The van der Waals surface area contributed by atoms with E-state index in [1.165, 1.54) is 16.9 Å². The van der Waals surface area contributed by atoms with Crippen molar-refractivity contribution in [2.75, 3.05) is 18.5 Å². The zero-order valence-corrected chi connectivity index (χ0v) is 16.5. The highest BCUT2D eigenvalue weighted by atomic mass is 32.1. The van der Waals surface area contributed by atoms with Crippen molar-refractivity contribution < 1.29 is 4.39 Å². The molecule has 0 aliphatic carbocycles. The van der Waals surface area contributed by atoms with E-state index in [0.29, 0.717) is 5.82 Å². The summed E-state index contributed by atoms with van der Waals surface area (Å²) in [6, 6.07) is 14.2. The van der Waals surface area contributed by atoms with Crippen LogP contribution in [0.2, 0.25) is 0 Å². The second-order valence-corrected chi connectivity index (χ2v) is 7.29. The SMILES string of the molecule is FCC#Cc1csc2c(NCCCc3ccccc3)nc(-c3ccncc3)nc12. The first-order valence-electron chi connectivity index (χ1n) is 9.37. The number of anilines is 1. The molecule has 6 heteroatoms. The summed E-state index contributed by atoms with van der Waals surface area (Å²) in [5.74, 6) is 6.75. The molecular weight excluding hydrogens is 383 g/mol. The van der Waals surface area contributed by atoms with Crippen LogP contribution in [0, 0.1) is 11.8 Å². The van der Waals surface area contributed by atoms with Crippen molar-refractivity contribution in [2.45, 2.75) is 12.8 Å². The first kappa shape index (κ1) is 19.0. The van der Waals surface area contributed by atoms with Crippen LogP contribution in [0.5, 0.6) is 0 Å². The van der Waals surface area contributed by atoms with Gasteiger partial charge in [-0.15, -0.1) is 11.3 Å². The molecule has 0 unspecified atom stereocenters. The van der Waals surface area contributed by atoms with E-state index < -0.39 is 6.67 Å². The molecule has 0 saturated heterocycles. The van der Waals surface area contributed by atoms with Gasteiger partial charge in [-0.2, -0.15) is 0 Å². The molecule has 0 atom stereocenters. The number of aromatic nitrogens is 3. The molecule has 0 bridgehead atoms. The molecule has 4 rings (SSSR count). The zero-order valence-electron chi connectivity index (χ0n) is 15.7. The van der Waals surface area contributed by atoms with Gasteiger partial charge in [-0.3, -0.25) is 4.98 Å². The van der Waals surface area contributed by atoms with Crippen LogP contribution in [-0.4, -0.2) is 28.2 Å². The number of rotatable bonds is 6. The molecule has 3 heterocycles. The summed E-state index contributed by atoms with van der Waals surface area (Å²) in [6.45, 7) is 0.115. The number of pyridine rings is 1. The van der Waals surface area contributed by atoms with Crippen LogP contribution in [0.15, 0.2) is 60.2 Å². The maximum absolute atomic E-state index is 12.5. The summed E-state index contributed by atoms with van der Waals surface area (Å²) < 4.78 is 13.5. The Balaban J connectivity index is 1.61. The number of alkyl halides is 1. The lowest BCUT2D eigenvalue weighted by Gasteiger charge is -2.09. The normalized spacial score (nSPS) is 10.5. The lowest BCUT2D eigenvalue weighted by atomic mass is 10.1. The lowest BCUT2D eigenvalue weighted by Crippen LogP contribution is -2.06. The van der Waals surface area contributed by atoms with Crippen LogP contribution in [0.3, 0.4) is 0 Å². The first-order valence-corrected chi connectivity index (χ1v) is 10.3. The number of nitrogens with one attached hydrogen (secondary N) is 1. The van der Waals surface area contributed by atoms with Gasteiger partial charge in [-0.1, -0.05) is 42.2 Å². The van der Waals surface area contributed by atoms with E-state index in [0.717, 1.165) is 46.5 Å². The van der Waals surface area contributed by atoms with E-state index in [1.54, 1.807) is 12.4 Å². The minimum Gasteiger partial charge on any atom is -0.369 e. The van der Waals surface area contributed by atoms with E-state index in [9.17, 15) is 4.39 Å². The molecule has 3 aromatic heterocycles. The largest absolute Gasteiger partial charge is 0.369 e. The Morgan fingerprint density at radius 2 is 1.86 bits per heavy atom. The molecule has 144 valence electrons. The Hall–Kier alpha value is -3.30. The molecule has 0 radical (unpaired) electrons. The fraction of sp³-hybridized carbons (Fsp3) is 0.174. The molecule has 29 heavy (non-hydrogen) atoms. The highest BCUT2D eigenvalue weighted by Crippen LogP contribution is 2.32. The average Bonchev–Trinajstić information content (AvgIpc) is 3.19. The molecule has 0 amide bonds. The quantitative estimate of drug-likeness (QED) is 0.359. The smallest absolute Gasteiger partial charge is 0.162 e. The van der Waals surface area contributed by atoms with Crippen LogP contribution >= 0.6 is 11.3 Å². The molecule has 4 aromatic rings. The molecular formula is C23H19FN4S. The zero-order chi connectivity index (χ0) is 19.9. The van der Waals surface area contributed by atoms with Crippen LogP contribution in [0.25, 0.3) is 21.6 Å². The molecule has 0 fully saturated rings. The number of fused-ring (bicyclic) bond motifs is 1. The fourth-order valence-electron chi connectivity index (χ4n) is 3.03. The fourth-order valence-corrected chi connectivity index (χ4v) is 3.93. The highest BCUT2D eigenvalue weighted by Gasteiger charge is 2.14. The van der Waals surface area contributed by atoms with Crippen LogP contribution in [0.4, 0.5) is 10.2 Å². The number of benzene rings is 1. The van der Waals surface area contributed by atoms with Crippen molar-refractivity contribution >= 4 is 27.4 Å². The Morgan fingerprint density at radius 1 is 1.03 bits per heavy atom. The van der Waals surface area contributed by atoms with Crippen LogP contribution in [0.1, 0.15) is 17.5 Å². The van der Waals surface area contributed by atoms with Crippen molar-refractivity contribution in [2.24, 2.45) is 0 Å². The Labute approximate surface area is 172 Å². The molecule has 0 spiro atoms. The summed E-state index contributed by atoms with van der Waals surface area (Å²) in [5.41, 5.74) is 3.68. The second kappa shape index (κ2) is 9.26. The topological polar surface area (TPSA) is 50.7 Å². The molecule has 1 aromatic carbocycles. The summed E-state index contributed by atoms with van der Waals surface area (Å²) in [5, 5.41) is 5.37. The Bertz CT molecular complexity index is 1150. The average molecular weight is 402 g/mol. The summed E-state index contributed by atoms with van der Waals surface area (Å²) in [7, 11) is 0. The molecule has 0 aliphatic heterocycles. The van der Waals surface area contributed by atoms with E-state index in [1.807, 2.05) is 23.6 Å². The Kier molecular flexibility index (Phi) is 6.08. The molecule has 4 nitrogen and oxygen atoms in total. The van der Waals surface area contributed by atoms with Gasteiger partial charge in [-0.05, 0) is 30.5 Å². The maximum atomic E-state index is 12.5. The Morgan fingerprint density at radius 3 is 2.66 bits per heavy atom. The summed E-state index contributed by atoms with van der Waals surface area (Å²) >= 11 is 1.52. The van der Waals surface area contributed by atoms with Gasteiger partial charge in [0.25, 0.3) is 0 Å². The molecule has 0 aliphatic rings. The van der Waals surface area contributed by atoms with Gasteiger partial charge in [-0.25, -0.2) is 14.4 Å².